The third-order valence-corrected chi connectivity index (χ3v) is 10.5. The molecule has 1 atom stereocenters. The van der Waals surface area contributed by atoms with Crippen LogP contribution in [0.15, 0.2) is 60.8 Å². The fraction of sp³-hybridized carbons (Fsp3) is 0.755. The Morgan fingerprint density at radius 2 is 0.661 bits per heavy atom. The Kier molecular flexibility index (Phi) is 45.4. The molecule has 0 saturated carbocycles. The van der Waals surface area contributed by atoms with Crippen LogP contribution < -0.4 is 0 Å². The van der Waals surface area contributed by atoms with Crippen molar-refractivity contribution in [3.05, 3.63) is 60.8 Å². The lowest BCUT2D eigenvalue weighted by Crippen LogP contribution is -2.30. The van der Waals surface area contributed by atoms with Gasteiger partial charge in [-0.15, -0.1) is 0 Å². The van der Waals surface area contributed by atoms with Gasteiger partial charge in [0, 0.05) is 19.3 Å². The van der Waals surface area contributed by atoms with Crippen LogP contribution in [-0.4, -0.2) is 37.2 Å². The van der Waals surface area contributed by atoms with Crippen molar-refractivity contribution >= 4 is 17.9 Å². The molecule has 0 aliphatic rings. The molecule has 0 N–H and O–H groups in total. The number of allylic oxidation sites excluding steroid dienone is 10. The Balaban J connectivity index is 4.30. The lowest BCUT2D eigenvalue weighted by molar-refractivity contribution is -0.167. The molecule has 0 amide bonds. The van der Waals surface area contributed by atoms with E-state index < -0.39 is 6.10 Å². The van der Waals surface area contributed by atoms with E-state index in [1.807, 2.05) is 0 Å². The lowest BCUT2D eigenvalue weighted by Gasteiger charge is -2.18. The molecule has 0 aromatic carbocycles. The van der Waals surface area contributed by atoms with E-state index in [2.05, 4.69) is 81.5 Å². The molecule has 6 nitrogen and oxygen atoms in total. The summed E-state index contributed by atoms with van der Waals surface area (Å²) in [6, 6.07) is 0. The van der Waals surface area contributed by atoms with Gasteiger partial charge in [-0.25, -0.2) is 0 Å². The monoisotopic (exact) mass is 825 g/mol. The summed E-state index contributed by atoms with van der Waals surface area (Å²) >= 11 is 0. The number of rotatable bonds is 44. The Morgan fingerprint density at radius 1 is 0.356 bits per heavy atom. The molecule has 0 heterocycles. The van der Waals surface area contributed by atoms with Crippen LogP contribution in [0.2, 0.25) is 0 Å². The average Bonchev–Trinajstić information content (AvgIpc) is 3.23. The van der Waals surface area contributed by atoms with Gasteiger partial charge in [0.2, 0.25) is 0 Å². The normalized spacial score (nSPS) is 12.5. The summed E-state index contributed by atoms with van der Waals surface area (Å²) in [5.74, 6) is -0.940. The van der Waals surface area contributed by atoms with Crippen LogP contribution in [0.3, 0.4) is 0 Å². The van der Waals surface area contributed by atoms with E-state index in [4.69, 9.17) is 14.2 Å². The summed E-state index contributed by atoms with van der Waals surface area (Å²) in [5, 5.41) is 0. The van der Waals surface area contributed by atoms with Gasteiger partial charge in [0.1, 0.15) is 13.2 Å². The topological polar surface area (TPSA) is 78.9 Å². The second-order valence-electron chi connectivity index (χ2n) is 16.3. The van der Waals surface area contributed by atoms with E-state index >= 15 is 0 Å². The highest BCUT2D eigenvalue weighted by atomic mass is 16.6. The molecule has 0 fully saturated rings. The van der Waals surface area contributed by atoms with Gasteiger partial charge in [0.25, 0.3) is 0 Å². The summed E-state index contributed by atoms with van der Waals surface area (Å²) in [6.45, 7) is 6.44. The van der Waals surface area contributed by atoms with Gasteiger partial charge in [-0.3, -0.25) is 14.4 Å². The first-order valence-corrected chi connectivity index (χ1v) is 24.8. The molecule has 0 aromatic rings. The zero-order valence-corrected chi connectivity index (χ0v) is 38.8. The van der Waals surface area contributed by atoms with E-state index in [1.165, 1.54) is 116 Å². The van der Waals surface area contributed by atoms with E-state index in [9.17, 15) is 14.4 Å². The maximum Gasteiger partial charge on any atom is 0.306 e. The van der Waals surface area contributed by atoms with Crippen molar-refractivity contribution in [3.63, 3.8) is 0 Å². The van der Waals surface area contributed by atoms with Gasteiger partial charge in [-0.05, 0) is 83.5 Å². The number of unbranched alkanes of at least 4 members (excludes halogenated alkanes) is 23. The highest BCUT2D eigenvalue weighted by molar-refractivity contribution is 5.71. The summed E-state index contributed by atoms with van der Waals surface area (Å²) in [4.78, 5) is 37.7. The molecule has 0 aliphatic carbocycles. The molecule has 0 spiro atoms. The zero-order chi connectivity index (χ0) is 43.0. The number of hydrogen-bond acceptors (Lipinski definition) is 6. The van der Waals surface area contributed by atoms with Gasteiger partial charge in [-0.1, -0.05) is 197 Å². The van der Waals surface area contributed by atoms with Crippen molar-refractivity contribution < 1.29 is 28.6 Å². The minimum Gasteiger partial charge on any atom is -0.462 e. The Morgan fingerprint density at radius 3 is 1.08 bits per heavy atom. The van der Waals surface area contributed by atoms with Crippen LogP contribution >= 0.6 is 0 Å². The van der Waals surface area contributed by atoms with Gasteiger partial charge in [0.15, 0.2) is 6.10 Å². The summed E-state index contributed by atoms with van der Waals surface area (Å²) in [5.41, 5.74) is 0. The molecular formula is C53H92O6. The number of esters is 3. The molecule has 0 saturated heterocycles. The summed E-state index contributed by atoms with van der Waals surface area (Å²) in [6.07, 6.45) is 58.0. The van der Waals surface area contributed by atoms with Gasteiger partial charge in [0.05, 0.1) is 0 Å². The summed E-state index contributed by atoms with van der Waals surface area (Å²) in [7, 11) is 0. The molecule has 0 rings (SSSR count). The predicted octanol–water partition coefficient (Wildman–Crippen LogP) is 16.1. The first kappa shape index (κ1) is 56.1. The molecule has 0 radical (unpaired) electrons. The number of ether oxygens (including phenoxy) is 3. The van der Waals surface area contributed by atoms with Crippen LogP contribution in [0.4, 0.5) is 0 Å². The van der Waals surface area contributed by atoms with Gasteiger partial charge < -0.3 is 14.2 Å². The van der Waals surface area contributed by atoms with Crippen molar-refractivity contribution in [2.24, 2.45) is 0 Å². The number of carbonyl (C=O) groups is 3. The molecule has 6 heteroatoms. The van der Waals surface area contributed by atoms with E-state index in [-0.39, 0.29) is 37.5 Å². The maximum atomic E-state index is 12.7. The lowest BCUT2D eigenvalue weighted by atomic mass is 10.1. The summed E-state index contributed by atoms with van der Waals surface area (Å²) < 4.78 is 16.7. The molecule has 0 bridgehead atoms. The largest absolute Gasteiger partial charge is 0.462 e. The van der Waals surface area contributed by atoms with Crippen LogP contribution in [0.1, 0.15) is 239 Å². The van der Waals surface area contributed by atoms with E-state index in [1.54, 1.807) is 0 Å². The Hall–Kier alpha value is -2.89. The second kappa shape index (κ2) is 47.8. The maximum absolute atomic E-state index is 12.7. The quantitative estimate of drug-likeness (QED) is 0.0263. The smallest absolute Gasteiger partial charge is 0.306 e. The highest BCUT2D eigenvalue weighted by Gasteiger charge is 2.19. The zero-order valence-electron chi connectivity index (χ0n) is 38.8. The third-order valence-electron chi connectivity index (χ3n) is 10.5. The molecule has 0 aliphatic heterocycles. The van der Waals surface area contributed by atoms with Crippen molar-refractivity contribution in [1.82, 2.24) is 0 Å². The average molecular weight is 825 g/mol. The molecule has 1 unspecified atom stereocenters. The number of hydrogen-bond donors (Lipinski definition) is 0. The van der Waals surface area contributed by atoms with E-state index in [0.717, 1.165) is 77.0 Å². The number of carbonyl (C=O) groups excluding carboxylic acids is 3. The SMILES string of the molecule is CC/C=C\C/C=C\C/C=C\C/C=C\CCCCC(=O)OC(COC(=O)CCCCCCCCC)COC(=O)CCCCCCCCCCC/C=C\CCCCCCCC. The first-order chi connectivity index (χ1) is 29.0. The highest BCUT2D eigenvalue weighted by Crippen LogP contribution is 2.14. The van der Waals surface area contributed by atoms with Crippen molar-refractivity contribution in [2.75, 3.05) is 13.2 Å². The minimum atomic E-state index is -0.792. The molecule has 340 valence electrons. The standard InChI is InChI=1S/C53H92O6/c1-4-7-10-13-16-18-20-22-24-25-26-27-29-30-32-34-37-40-43-46-52(55)58-49-50(48-57-51(54)45-42-39-36-15-12-9-6-3)59-53(56)47-44-41-38-35-33-31-28-23-21-19-17-14-11-8-5-2/h8,11,17,19,22-24,28,33,35,50H,4-7,9-10,12-16,18,20-21,25-27,29-32,34,36-49H2,1-3H3/b11-8-,19-17-,24-22-,28-23-,35-33-. The molecular weight excluding hydrogens is 733 g/mol. The van der Waals surface area contributed by atoms with Crippen LogP contribution in [-0.2, 0) is 28.6 Å². The van der Waals surface area contributed by atoms with Crippen molar-refractivity contribution in [3.8, 4) is 0 Å². The molecule has 59 heavy (non-hydrogen) atoms. The second-order valence-corrected chi connectivity index (χ2v) is 16.3. The fourth-order valence-electron chi connectivity index (χ4n) is 6.78. The van der Waals surface area contributed by atoms with Crippen LogP contribution in [0.5, 0.6) is 0 Å². The van der Waals surface area contributed by atoms with Crippen molar-refractivity contribution in [1.29, 1.82) is 0 Å². The van der Waals surface area contributed by atoms with Gasteiger partial charge >= 0.3 is 17.9 Å². The van der Waals surface area contributed by atoms with Crippen LogP contribution in [0, 0.1) is 0 Å². The van der Waals surface area contributed by atoms with E-state index in [0.29, 0.717) is 19.3 Å². The third kappa shape index (κ3) is 46.0. The first-order valence-electron chi connectivity index (χ1n) is 24.8. The molecule has 0 aromatic heterocycles. The predicted molar refractivity (Wildman–Crippen MR) is 251 cm³/mol. The fourth-order valence-corrected chi connectivity index (χ4v) is 6.78. The van der Waals surface area contributed by atoms with Gasteiger partial charge in [-0.2, -0.15) is 0 Å². The van der Waals surface area contributed by atoms with Crippen LogP contribution in [0.25, 0.3) is 0 Å². The Bertz CT molecular complexity index is 1090. The minimum absolute atomic E-state index is 0.0910. The van der Waals surface area contributed by atoms with Crippen molar-refractivity contribution in [2.45, 2.75) is 245 Å². The Labute approximate surface area is 364 Å².